The zero-order valence-electron chi connectivity index (χ0n) is 13.3. The van der Waals surface area contributed by atoms with E-state index in [9.17, 15) is 4.79 Å². The van der Waals surface area contributed by atoms with Gasteiger partial charge in [-0.3, -0.25) is 9.69 Å². The fourth-order valence-electron chi connectivity index (χ4n) is 2.94. The number of nitrogens with zero attached hydrogens (tertiary/aromatic N) is 2. The largest absolute Gasteiger partial charge is 0.337 e. The van der Waals surface area contributed by atoms with E-state index >= 15 is 0 Å². The minimum Gasteiger partial charge on any atom is -0.337 e. The Morgan fingerprint density at radius 1 is 1.26 bits per heavy atom. The van der Waals surface area contributed by atoms with Crippen LogP contribution in [-0.4, -0.2) is 35.3 Å². The molecule has 0 N–H and O–H groups in total. The molecule has 1 aliphatic rings. The second kappa shape index (κ2) is 7.47. The fraction of sp³-hybridized carbons (Fsp3) is 0.389. The fourth-order valence-corrected chi connectivity index (χ4v) is 4.07. The van der Waals surface area contributed by atoms with Gasteiger partial charge in [0, 0.05) is 24.5 Å². The van der Waals surface area contributed by atoms with E-state index in [-0.39, 0.29) is 5.91 Å². The molecule has 0 atom stereocenters. The number of carbonyl (C=O) groups is 1. The Balaban J connectivity index is 1.59. The van der Waals surface area contributed by atoms with E-state index < -0.39 is 0 Å². The van der Waals surface area contributed by atoms with E-state index in [1.807, 2.05) is 23.1 Å². The molecule has 0 unspecified atom stereocenters. The highest BCUT2D eigenvalue weighted by atomic mass is 35.5. The first kappa shape index (κ1) is 16.5. The lowest BCUT2D eigenvalue weighted by Crippen LogP contribution is -2.42. The van der Waals surface area contributed by atoms with E-state index in [1.165, 1.54) is 16.0 Å². The molecule has 1 amide bonds. The molecule has 5 heteroatoms. The van der Waals surface area contributed by atoms with Gasteiger partial charge in [-0.2, -0.15) is 0 Å². The number of likely N-dealkylation sites (N-methyl/N-ethyl adjacent to an activating group) is 1. The van der Waals surface area contributed by atoms with E-state index in [1.54, 1.807) is 11.3 Å². The number of rotatable bonds is 5. The van der Waals surface area contributed by atoms with Crippen LogP contribution in [0.15, 0.2) is 36.4 Å². The first-order valence-electron chi connectivity index (χ1n) is 7.97. The van der Waals surface area contributed by atoms with Crippen LogP contribution in [-0.2, 0) is 24.3 Å². The van der Waals surface area contributed by atoms with Crippen LogP contribution in [0.5, 0.6) is 0 Å². The smallest absolute Gasteiger partial charge is 0.237 e. The average molecular weight is 349 g/mol. The number of amides is 1. The van der Waals surface area contributed by atoms with Gasteiger partial charge < -0.3 is 4.90 Å². The number of hydrogen-bond acceptors (Lipinski definition) is 3. The van der Waals surface area contributed by atoms with Gasteiger partial charge in [-0.15, -0.1) is 11.3 Å². The molecule has 1 aromatic heterocycles. The maximum atomic E-state index is 12.6. The van der Waals surface area contributed by atoms with Crippen LogP contribution in [0.4, 0.5) is 0 Å². The first-order valence-corrected chi connectivity index (χ1v) is 9.16. The standard InChI is InChI=1S/C18H21ClN2OS/c1-2-20(12-16-7-8-17(19)23-16)13-18(22)21-10-9-14-5-3-4-6-15(14)11-21/h3-8H,2,9-13H2,1H3. The molecule has 3 nitrogen and oxygen atoms in total. The summed E-state index contributed by atoms with van der Waals surface area (Å²) in [5.74, 6) is 0.212. The highest BCUT2D eigenvalue weighted by Gasteiger charge is 2.22. The molecule has 2 aromatic rings. The summed E-state index contributed by atoms with van der Waals surface area (Å²) < 4.78 is 0.801. The van der Waals surface area contributed by atoms with Crippen molar-refractivity contribution in [1.82, 2.24) is 9.80 Å². The predicted octanol–water partition coefficient (Wildman–Crippen LogP) is 3.81. The minimum atomic E-state index is 0.212. The van der Waals surface area contributed by atoms with Crippen LogP contribution in [0.25, 0.3) is 0 Å². The van der Waals surface area contributed by atoms with Gasteiger partial charge in [0.25, 0.3) is 0 Å². The van der Waals surface area contributed by atoms with Gasteiger partial charge >= 0.3 is 0 Å². The van der Waals surface area contributed by atoms with Crippen LogP contribution < -0.4 is 0 Å². The van der Waals surface area contributed by atoms with Gasteiger partial charge in [0.05, 0.1) is 10.9 Å². The SMILES string of the molecule is CCN(CC(=O)N1CCc2ccccc2C1)Cc1ccc(Cl)s1. The highest BCUT2D eigenvalue weighted by Crippen LogP contribution is 2.23. The summed E-state index contributed by atoms with van der Waals surface area (Å²) in [6.45, 7) is 5.74. The average Bonchev–Trinajstić information content (AvgIpc) is 2.98. The molecule has 0 bridgehead atoms. The van der Waals surface area contributed by atoms with E-state index in [4.69, 9.17) is 11.6 Å². The molecule has 1 aromatic carbocycles. The van der Waals surface area contributed by atoms with Crippen molar-refractivity contribution in [2.75, 3.05) is 19.6 Å². The van der Waals surface area contributed by atoms with Crippen molar-refractivity contribution in [3.8, 4) is 0 Å². The monoisotopic (exact) mass is 348 g/mol. The Morgan fingerprint density at radius 3 is 2.74 bits per heavy atom. The normalized spacial score (nSPS) is 14.1. The molecule has 122 valence electrons. The van der Waals surface area contributed by atoms with Gasteiger partial charge in [0.1, 0.15) is 0 Å². The van der Waals surface area contributed by atoms with Gasteiger partial charge in [-0.05, 0) is 36.2 Å². The lowest BCUT2D eigenvalue weighted by atomic mass is 10.00. The maximum absolute atomic E-state index is 12.6. The molecule has 1 aliphatic heterocycles. The Bertz CT molecular complexity index is 685. The number of thiophene rings is 1. The molecule has 23 heavy (non-hydrogen) atoms. The van der Waals surface area contributed by atoms with E-state index in [0.717, 1.165) is 36.9 Å². The summed E-state index contributed by atoms with van der Waals surface area (Å²) in [6.07, 6.45) is 0.953. The summed E-state index contributed by atoms with van der Waals surface area (Å²) in [5, 5.41) is 0. The summed E-state index contributed by atoms with van der Waals surface area (Å²) in [5.41, 5.74) is 2.65. The molecule has 0 saturated carbocycles. The summed E-state index contributed by atoms with van der Waals surface area (Å²) in [6, 6.07) is 12.4. The molecule has 0 radical (unpaired) electrons. The maximum Gasteiger partial charge on any atom is 0.237 e. The number of halogens is 1. The van der Waals surface area contributed by atoms with Gasteiger partial charge in [-0.25, -0.2) is 0 Å². The lowest BCUT2D eigenvalue weighted by Gasteiger charge is -2.31. The van der Waals surface area contributed by atoms with E-state index in [0.29, 0.717) is 6.54 Å². The van der Waals surface area contributed by atoms with Crippen LogP contribution in [0, 0.1) is 0 Å². The Morgan fingerprint density at radius 2 is 2.04 bits per heavy atom. The molecule has 3 rings (SSSR count). The Kier molecular flexibility index (Phi) is 5.36. The predicted molar refractivity (Wildman–Crippen MR) is 95.8 cm³/mol. The molecular weight excluding hydrogens is 328 g/mol. The van der Waals surface area contributed by atoms with Crippen molar-refractivity contribution in [2.45, 2.75) is 26.4 Å². The first-order chi connectivity index (χ1) is 11.2. The molecule has 0 saturated heterocycles. The third-order valence-corrected chi connectivity index (χ3v) is 5.51. The summed E-state index contributed by atoms with van der Waals surface area (Å²) in [7, 11) is 0. The molecule has 0 spiro atoms. The molecule has 0 aliphatic carbocycles. The molecule has 0 fully saturated rings. The van der Waals surface area contributed by atoms with Crippen LogP contribution in [0.3, 0.4) is 0 Å². The second-order valence-electron chi connectivity index (χ2n) is 5.84. The van der Waals surface area contributed by atoms with Crippen LogP contribution in [0.1, 0.15) is 22.9 Å². The third-order valence-electron chi connectivity index (χ3n) is 4.30. The second-order valence-corrected chi connectivity index (χ2v) is 7.64. The van der Waals surface area contributed by atoms with Gasteiger partial charge in [0.2, 0.25) is 5.91 Å². The minimum absolute atomic E-state index is 0.212. The zero-order chi connectivity index (χ0) is 16.2. The highest BCUT2D eigenvalue weighted by molar-refractivity contribution is 7.16. The van der Waals surface area contributed by atoms with Gasteiger partial charge in [-0.1, -0.05) is 42.8 Å². The van der Waals surface area contributed by atoms with Gasteiger partial charge in [0.15, 0.2) is 0 Å². The lowest BCUT2D eigenvalue weighted by molar-refractivity contribution is -0.133. The van der Waals surface area contributed by atoms with Crippen molar-refractivity contribution < 1.29 is 4.79 Å². The van der Waals surface area contributed by atoms with E-state index in [2.05, 4.69) is 30.0 Å². The number of fused-ring (bicyclic) bond motifs is 1. The summed E-state index contributed by atoms with van der Waals surface area (Å²) >= 11 is 7.57. The van der Waals surface area contributed by atoms with Crippen LogP contribution in [0.2, 0.25) is 4.34 Å². The number of hydrogen-bond donors (Lipinski definition) is 0. The number of benzene rings is 1. The topological polar surface area (TPSA) is 23.6 Å². The van der Waals surface area contributed by atoms with Crippen molar-refractivity contribution in [1.29, 1.82) is 0 Å². The Labute approximate surface area is 146 Å². The van der Waals surface area contributed by atoms with Crippen molar-refractivity contribution in [2.24, 2.45) is 0 Å². The van der Waals surface area contributed by atoms with Crippen molar-refractivity contribution >= 4 is 28.8 Å². The van der Waals surface area contributed by atoms with Crippen molar-refractivity contribution in [3.63, 3.8) is 0 Å². The van der Waals surface area contributed by atoms with Crippen molar-refractivity contribution in [3.05, 3.63) is 56.7 Å². The van der Waals surface area contributed by atoms with Crippen LogP contribution >= 0.6 is 22.9 Å². The quantitative estimate of drug-likeness (QED) is 0.820. The molecule has 2 heterocycles. The zero-order valence-corrected chi connectivity index (χ0v) is 14.9. The third kappa shape index (κ3) is 4.14. The number of carbonyl (C=O) groups excluding carboxylic acids is 1. The Hall–Kier alpha value is -1.36. The molecular formula is C18H21ClN2OS. The summed E-state index contributed by atoms with van der Waals surface area (Å²) in [4.78, 5) is 18.0.